The van der Waals surface area contributed by atoms with Gasteiger partial charge in [-0.3, -0.25) is 0 Å². The van der Waals surface area contributed by atoms with Crippen LogP contribution < -0.4 is 46.9 Å². The van der Waals surface area contributed by atoms with E-state index >= 15 is 0 Å². The highest BCUT2D eigenvalue weighted by molar-refractivity contribution is 7.20. The quantitative estimate of drug-likeness (QED) is 0.121. The maximum absolute atomic E-state index is 3.03. The van der Waals surface area contributed by atoms with Gasteiger partial charge in [-0.25, -0.2) is 0 Å². The fourth-order valence-electron chi connectivity index (χ4n) is 11.0. The van der Waals surface area contributed by atoms with Crippen LogP contribution in [0.25, 0.3) is 10.1 Å². The molecule has 2 aliphatic heterocycles. The molecule has 0 spiro atoms. The van der Waals surface area contributed by atoms with E-state index in [1.54, 1.807) is 0 Å². The van der Waals surface area contributed by atoms with Crippen molar-refractivity contribution in [2.75, 3.05) is 9.80 Å². The zero-order valence-electron chi connectivity index (χ0n) is 40.4. The zero-order chi connectivity index (χ0) is 46.5. The van der Waals surface area contributed by atoms with Crippen molar-refractivity contribution in [3.63, 3.8) is 0 Å². The maximum atomic E-state index is 2.63. The van der Waals surface area contributed by atoms with Crippen LogP contribution in [0.3, 0.4) is 0 Å². The average Bonchev–Trinajstić information content (AvgIpc) is 3.79. The number of hydrogen-bond donors (Lipinski definition) is 0. The van der Waals surface area contributed by atoms with Crippen LogP contribution in [0.2, 0.25) is 0 Å². The van der Waals surface area contributed by atoms with Crippen molar-refractivity contribution in [3.8, 4) is 0 Å². The maximum Gasteiger partial charge on any atom is 0.252 e. The molecule has 0 N–H and O–H groups in total. The summed E-state index contributed by atoms with van der Waals surface area (Å²) in [7, 11) is -3.03. The number of benzene rings is 8. The normalized spacial score (nSPS) is 13.7. The minimum absolute atomic E-state index is 0.00732. The van der Waals surface area contributed by atoms with Crippen LogP contribution in [0, 0.1) is 0 Å². The Labute approximate surface area is 403 Å². The average molecular weight is 903 g/mol. The summed E-state index contributed by atoms with van der Waals surface area (Å²) in [4.78, 5) is 5.24. The second kappa shape index (κ2) is 15.9. The molecule has 0 saturated heterocycles. The van der Waals surface area contributed by atoms with Crippen LogP contribution in [0.4, 0.5) is 34.1 Å². The van der Waals surface area contributed by atoms with Gasteiger partial charge in [0, 0.05) is 38.8 Å². The molecule has 0 bridgehead atoms. The number of hydrogen-bond acceptors (Lipinski definition) is 3. The van der Waals surface area contributed by atoms with E-state index in [1.807, 2.05) is 11.3 Å². The largest absolute Gasteiger partial charge is 0.311 e. The molecule has 0 fully saturated rings. The van der Waals surface area contributed by atoms with Crippen molar-refractivity contribution in [3.05, 3.63) is 210 Å². The van der Waals surface area contributed by atoms with Crippen molar-refractivity contribution < 1.29 is 0 Å². The Morgan fingerprint density at radius 3 is 1.28 bits per heavy atom. The van der Waals surface area contributed by atoms with Crippen LogP contribution in [0.1, 0.15) is 79.0 Å². The SMILES string of the molecule is CC(C)(C)c1ccc(N2c3ccc(C(C)(C)C)cc3B3c4cc5ccsc5cc4N(c4ccc(C(C)(C)C)cc4)c4cc([Si](c5ccccc5)(c5ccccc5)c5ccccc5)cc2c43)cc1. The Morgan fingerprint density at radius 1 is 0.388 bits per heavy atom. The molecule has 0 atom stereocenters. The van der Waals surface area contributed by atoms with E-state index in [0.29, 0.717) is 0 Å². The summed E-state index contributed by atoms with van der Waals surface area (Å²) in [5, 5.41) is 8.99. The van der Waals surface area contributed by atoms with Gasteiger partial charge in [0.15, 0.2) is 8.07 Å². The van der Waals surface area contributed by atoms with Gasteiger partial charge < -0.3 is 9.80 Å². The molecule has 0 unspecified atom stereocenters. The Balaban J connectivity index is 1.32. The van der Waals surface area contributed by atoms with Crippen molar-refractivity contribution in [1.29, 1.82) is 0 Å². The van der Waals surface area contributed by atoms with Gasteiger partial charge in [0.25, 0.3) is 6.71 Å². The molecule has 9 aromatic rings. The van der Waals surface area contributed by atoms with Crippen molar-refractivity contribution in [1.82, 2.24) is 0 Å². The zero-order valence-corrected chi connectivity index (χ0v) is 42.2. The summed E-state index contributed by atoms with van der Waals surface area (Å²) in [6.07, 6.45) is 0. The van der Waals surface area contributed by atoms with Crippen molar-refractivity contribution >= 4 is 107 Å². The topological polar surface area (TPSA) is 6.48 Å². The number of rotatable bonds is 6. The molecule has 67 heavy (non-hydrogen) atoms. The van der Waals surface area contributed by atoms with Crippen LogP contribution in [0.5, 0.6) is 0 Å². The Bertz CT molecular complexity index is 3190. The molecule has 3 heterocycles. The third kappa shape index (κ3) is 7.12. The highest BCUT2D eigenvalue weighted by atomic mass is 32.1. The van der Waals surface area contributed by atoms with Crippen LogP contribution in [-0.4, -0.2) is 14.8 Å². The summed E-state index contributed by atoms with van der Waals surface area (Å²) in [5.41, 5.74) is 15.4. The second-order valence-corrected chi connectivity index (χ2v) is 26.6. The molecule has 0 radical (unpaired) electrons. The van der Waals surface area contributed by atoms with Gasteiger partial charge in [-0.1, -0.05) is 196 Å². The number of nitrogens with zero attached hydrogens (tertiary/aromatic N) is 2. The fraction of sp³-hybridized carbons (Fsp3) is 0.194. The third-order valence-electron chi connectivity index (χ3n) is 14.5. The predicted molar refractivity (Wildman–Crippen MR) is 296 cm³/mol. The van der Waals surface area contributed by atoms with Gasteiger partial charge in [-0.05, 0) is 135 Å². The van der Waals surface area contributed by atoms with Crippen molar-refractivity contribution in [2.45, 2.75) is 78.6 Å². The molecule has 8 aromatic carbocycles. The van der Waals surface area contributed by atoms with Gasteiger partial charge in [0.2, 0.25) is 0 Å². The predicted octanol–water partition coefficient (Wildman–Crippen LogP) is 12.3. The number of fused-ring (bicyclic) bond motifs is 5. The molecule has 0 saturated carbocycles. The lowest BCUT2D eigenvalue weighted by molar-refractivity contribution is 0.590. The summed E-state index contributed by atoms with van der Waals surface area (Å²) >= 11 is 1.83. The first kappa shape index (κ1) is 43.2. The van der Waals surface area contributed by atoms with E-state index in [0.717, 1.165) is 0 Å². The molecule has 1 aromatic heterocycles. The van der Waals surface area contributed by atoms with Gasteiger partial charge >= 0.3 is 0 Å². The minimum atomic E-state index is -3.03. The lowest BCUT2D eigenvalue weighted by Crippen LogP contribution is -2.75. The minimum Gasteiger partial charge on any atom is -0.311 e. The first-order valence-corrected chi connectivity index (χ1v) is 26.8. The van der Waals surface area contributed by atoms with E-state index in [-0.39, 0.29) is 23.0 Å². The van der Waals surface area contributed by atoms with E-state index in [2.05, 4.69) is 266 Å². The summed E-state index contributed by atoms with van der Waals surface area (Å²) in [5.74, 6) is 0. The lowest BCUT2D eigenvalue weighted by atomic mass is 9.33. The molecule has 330 valence electrons. The van der Waals surface area contributed by atoms with Gasteiger partial charge in [0.1, 0.15) is 0 Å². The van der Waals surface area contributed by atoms with E-state index in [1.165, 1.54) is 98.0 Å². The standard InChI is InChI=1S/C62H59BN2SSi/c1-60(2,3)43-25-30-46(31-26-43)64-54-34-29-45(62(7,8)9)38-53(54)63-52-37-42-35-36-66-58(42)41-55(52)65(47-32-27-44(28-33-47)61(4,5)6)57-40-51(39-56(64)59(57)63)67(48-19-13-10-14-20-48,49-21-15-11-16-22-49)50-23-17-12-18-24-50/h10-41H,1-9H3. The van der Waals surface area contributed by atoms with Gasteiger partial charge in [-0.2, -0.15) is 0 Å². The third-order valence-corrected chi connectivity index (χ3v) is 20.2. The number of anilines is 6. The molecule has 2 aliphatic rings. The van der Waals surface area contributed by atoms with Crippen LogP contribution in [0.15, 0.2) is 193 Å². The monoisotopic (exact) mass is 902 g/mol. The Hall–Kier alpha value is -6.40. The fourth-order valence-corrected chi connectivity index (χ4v) is 16.6. The Kier molecular flexibility index (Phi) is 10.2. The molecular formula is C62H59BN2SSi. The van der Waals surface area contributed by atoms with Crippen LogP contribution >= 0.6 is 11.3 Å². The molecular weight excluding hydrogens is 844 g/mol. The van der Waals surface area contributed by atoms with E-state index in [9.17, 15) is 0 Å². The lowest BCUT2D eigenvalue weighted by Gasteiger charge is -2.46. The summed E-state index contributed by atoms with van der Waals surface area (Å²) in [6.45, 7) is 20.9. The molecule has 0 aliphatic carbocycles. The van der Waals surface area contributed by atoms with Crippen molar-refractivity contribution in [2.24, 2.45) is 0 Å². The summed E-state index contributed by atoms with van der Waals surface area (Å²) < 4.78 is 1.30. The first-order chi connectivity index (χ1) is 32.1. The van der Waals surface area contributed by atoms with Gasteiger partial charge in [-0.15, -0.1) is 11.3 Å². The van der Waals surface area contributed by atoms with E-state index < -0.39 is 8.07 Å². The number of thiophene rings is 1. The molecule has 5 heteroatoms. The van der Waals surface area contributed by atoms with E-state index in [4.69, 9.17) is 0 Å². The van der Waals surface area contributed by atoms with Crippen LogP contribution in [-0.2, 0) is 16.2 Å². The molecule has 11 rings (SSSR count). The highest BCUT2D eigenvalue weighted by Crippen LogP contribution is 2.46. The highest BCUT2D eigenvalue weighted by Gasteiger charge is 2.48. The molecule has 2 nitrogen and oxygen atoms in total. The first-order valence-electron chi connectivity index (χ1n) is 23.9. The summed E-state index contributed by atoms with van der Waals surface area (Å²) in [6, 6.07) is 73.0. The Morgan fingerprint density at radius 2 is 0.821 bits per heavy atom. The second-order valence-electron chi connectivity index (χ2n) is 21.9. The molecule has 0 amide bonds. The van der Waals surface area contributed by atoms with Gasteiger partial charge in [0.05, 0.1) is 0 Å². The smallest absolute Gasteiger partial charge is 0.252 e.